The minimum atomic E-state index is 0.139. The van der Waals surface area contributed by atoms with Gasteiger partial charge >= 0.3 is 0 Å². The number of nitrogens with zero attached hydrogens (tertiary/aromatic N) is 2. The summed E-state index contributed by atoms with van der Waals surface area (Å²) in [5.41, 5.74) is 2.71. The topological polar surface area (TPSA) is 32.8 Å². The van der Waals surface area contributed by atoms with Crippen molar-refractivity contribution >= 4 is 5.91 Å². The molecule has 132 valence electrons. The summed E-state index contributed by atoms with van der Waals surface area (Å²) >= 11 is 0. The standard InChI is InChI=1S/C20H30N2O2/c1-21(14-16-6-5-9-22(15-16)10-11-24-2)20(23)19-12-17-7-3-4-8-18(17)13-19/h3-4,7-8,16,19H,5-6,9-15H2,1-2H3. The number of amides is 1. The van der Waals surface area contributed by atoms with Crippen LogP contribution in [-0.4, -0.2) is 62.7 Å². The highest BCUT2D eigenvalue weighted by Crippen LogP contribution is 2.28. The van der Waals surface area contributed by atoms with Gasteiger partial charge in [-0.2, -0.15) is 0 Å². The Kier molecular flexibility index (Phi) is 5.90. The quantitative estimate of drug-likeness (QED) is 0.802. The summed E-state index contributed by atoms with van der Waals surface area (Å²) in [6, 6.07) is 8.48. The van der Waals surface area contributed by atoms with Gasteiger partial charge in [-0.05, 0) is 49.3 Å². The molecule has 1 atom stereocenters. The summed E-state index contributed by atoms with van der Waals surface area (Å²) in [5, 5.41) is 0. The molecule has 1 fully saturated rings. The van der Waals surface area contributed by atoms with Gasteiger partial charge in [-0.15, -0.1) is 0 Å². The maximum Gasteiger partial charge on any atom is 0.226 e. The second-order valence-corrected chi connectivity index (χ2v) is 7.39. The third-order valence-electron chi connectivity index (χ3n) is 5.52. The number of hydrogen-bond acceptors (Lipinski definition) is 3. The normalized spacial score (nSPS) is 21.7. The molecule has 0 N–H and O–H groups in total. The van der Waals surface area contributed by atoms with E-state index in [0.717, 1.165) is 45.6 Å². The first-order valence-corrected chi connectivity index (χ1v) is 9.20. The zero-order chi connectivity index (χ0) is 16.9. The molecule has 24 heavy (non-hydrogen) atoms. The molecular formula is C20H30N2O2. The van der Waals surface area contributed by atoms with Crippen LogP contribution in [0, 0.1) is 11.8 Å². The van der Waals surface area contributed by atoms with Crippen LogP contribution in [0.15, 0.2) is 24.3 Å². The third-order valence-corrected chi connectivity index (χ3v) is 5.52. The smallest absolute Gasteiger partial charge is 0.226 e. The lowest BCUT2D eigenvalue weighted by atomic mass is 9.96. The number of carbonyl (C=O) groups is 1. The van der Waals surface area contributed by atoms with Crippen LogP contribution in [0.2, 0.25) is 0 Å². The molecule has 4 heteroatoms. The van der Waals surface area contributed by atoms with Crippen molar-refractivity contribution in [2.75, 3.05) is 46.9 Å². The second kappa shape index (κ2) is 8.13. The number of methoxy groups -OCH3 is 1. The summed E-state index contributed by atoms with van der Waals surface area (Å²) in [6.45, 7) is 4.93. The van der Waals surface area contributed by atoms with Crippen molar-refractivity contribution in [2.45, 2.75) is 25.7 Å². The van der Waals surface area contributed by atoms with Gasteiger partial charge in [0.15, 0.2) is 0 Å². The summed E-state index contributed by atoms with van der Waals surface area (Å²) in [5.74, 6) is 1.05. The Balaban J connectivity index is 1.50. The van der Waals surface area contributed by atoms with Crippen molar-refractivity contribution in [3.63, 3.8) is 0 Å². The summed E-state index contributed by atoms with van der Waals surface area (Å²) in [4.78, 5) is 17.3. The molecule has 1 aliphatic carbocycles. The molecule has 2 aliphatic rings. The maximum atomic E-state index is 12.8. The van der Waals surface area contributed by atoms with Crippen LogP contribution in [0.4, 0.5) is 0 Å². The van der Waals surface area contributed by atoms with Gasteiger partial charge in [0.1, 0.15) is 0 Å². The van der Waals surface area contributed by atoms with E-state index in [1.54, 1.807) is 7.11 Å². The lowest BCUT2D eigenvalue weighted by molar-refractivity contribution is -0.134. The Morgan fingerprint density at radius 1 is 1.29 bits per heavy atom. The van der Waals surface area contributed by atoms with E-state index in [1.807, 2.05) is 11.9 Å². The van der Waals surface area contributed by atoms with Crippen LogP contribution in [-0.2, 0) is 22.4 Å². The van der Waals surface area contributed by atoms with E-state index in [9.17, 15) is 4.79 Å². The lowest BCUT2D eigenvalue weighted by Crippen LogP contribution is -2.44. The van der Waals surface area contributed by atoms with Crippen molar-refractivity contribution in [2.24, 2.45) is 11.8 Å². The van der Waals surface area contributed by atoms with Gasteiger partial charge in [0, 0.05) is 39.7 Å². The third kappa shape index (κ3) is 4.17. The predicted molar refractivity (Wildman–Crippen MR) is 96.0 cm³/mol. The molecule has 0 bridgehead atoms. The number of carbonyl (C=O) groups excluding carboxylic acids is 1. The molecule has 0 spiro atoms. The molecule has 0 aromatic heterocycles. The number of piperidine rings is 1. The van der Waals surface area contributed by atoms with E-state index >= 15 is 0 Å². The number of likely N-dealkylation sites (tertiary alicyclic amines) is 1. The molecular weight excluding hydrogens is 300 g/mol. The molecule has 1 heterocycles. The highest BCUT2D eigenvalue weighted by atomic mass is 16.5. The zero-order valence-electron chi connectivity index (χ0n) is 15.0. The minimum absolute atomic E-state index is 0.139. The predicted octanol–water partition coefficient (Wildman–Crippen LogP) is 2.22. The fraction of sp³-hybridized carbons (Fsp3) is 0.650. The molecule has 1 aliphatic heterocycles. The summed E-state index contributed by atoms with van der Waals surface area (Å²) in [7, 11) is 3.74. The van der Waals surface area contributed by atoms with Crippen molar-refractivity contribution in [1.82, 2.24) is 9.80 Å². The summed E-state index contributed by atoms with van der Waals surface area (Å²) in [6.07, 6.45) is 4.27. The van der Waals surface area contributed by atoms with E-state index in [4.69, 9.17) is 4.74 Å². The van der Waals surface area contributed by atoms with E-state index in [0.29, 0.717) is 11.8 Å². The highest BCUT2D eigenvalue weighted by molar-refractivity contribution is 5.80. The molecule has 1 amide bonds. The Hall–Kier alpha value is -1.39. The van der Waals surface area contributed by atoms with Crippen LogP contribution >= 0.6 is 0 Å². The van der Waals surface area contributed by atoms with E-state index < -0.39 is 0 Å². The SMILES string of the molecule is COCCN1CCCC(CN(C)C(=O)C2Cc3ccccc3C2)C1. The van der Waals surface area contributed by atoms with Crippen LogP contribution in [0.3, 0.4) is 0 Å². The van der Waals surface area contributed by atoms with Crippen LogP contribution in [0.5, 0.6) is 0 Å². The monoisotopic (exact) mass is 330 g/mol. The molecule has 1 aromatic rings. The minimum Gasteiger partial charge on any atom is -0.383 e. The Bertz CT molecular complexity index is 535. The largest absolute Gasteiger partial charge is 0.383 e. The average Bonchev–Trinajstić information content (AvgIpc) is 3.03. The first-order valence-electron chi connectivity index (χ1n) is 9.20. The van der Waals surface area contributed by atoms with E-state index in [1.165, 1.54) is 24.0 Å². The lowest BCUT2D eigenvalue weighted by Gasteiger charge is -2.35. The highest BCUT2D eigenvalue weighted by Gasteiger charge is 2.30. The number of rotatable bonds is 6. The van der Waals surface area contributed by atoms with E-state index in [-0.39, 0.29) is 5.92 Å². The van der Waals surface area contributed by atoms with Crippen molar-refractivity contribution in [1.29, 1.82) is 0 Å². The van der Waals surface area contributed by atoms with Crippen molar-refractivity contribution in [3.05, 3.63) is 35.4 Å². The first kappa shape index (κ1) is 17.4. The number of benzene rings is 1. The van der Waals surface area contributed by atoms with Gasteiger partial charge in [-0.1, -0.05) is 24.3 Å². The molecule has 4 nitrogen and oxygen atoms in total. The molecule has 0 saturated carbocycles. The van der Waals surface area contributed by atoms with Crippen LogP contribution < -0.4 is 0 Å². The van der Waals surface area contributed by atoms with Gasteiger partial charge in [0.2, 0.25) is 5.91 Å². The molecule has 1 unspecified atom stereocenters. The molecule has 1 aromatic carbocycles. The van der Waals surface area contributed by atoms with Crippen LogP contribution in [0.1, 0.15) is 24.0 Å². The molecule has 3 rings (SSSR count). The average molecular weight is 330 g/mol. The Morgan fingerprint density at radius 3 is 2.67 bits per heavy atom. The maximum absolute atomic E-state index is 12.8. The Labute approximate surface area is 145 Å². The van der Waals surface area contributed by atoms with Gasteiger partial charge in [0.25, 0.3) is 0 Å². The first-order chi connectivity index (χ1) is 11.7. The molecule has 1 saturated heterocycles. The van der Waals surface area contributed by atoms with Crippen molar-refractivity contribution < 1.29 is 9.53 Å². The van der Waals surface area contributed by atoms with Gasteiger partial charge in [-0.25, -0.2) is 0 Å². The second-order valence-electron chi connectivity index (χ2n) is 7.39. The Morgan fingerprint density at radius 2 is 2.00 bits per heavy atom. The molecule has 0 radical (unpaired) electrons. The fourth-order valence-electron chi connectivity index (χ4n) is 4.25. The summed E-state index contributed by atoms with van der Waals surface area (Å²) < 4.78 is 5.19. The van der Waals surface area contributed by atoms with Crippen molar-refractivity contribution in [3.8, 4) is 0 Å². The number of hydrogen-bond donors (Lipinski definition) is 0. The zero-order valence-corrected chi connectivity index (χ0v) is 15.0. The van der Waals surface area contributed by atoms with Gasteiger partial charge < -0.3 is 14.5 Å². The van der Waals surface area contributed by atoms with E-state index in [2.05, 4.69) is 29.2 Å². The van der Waals surface area contributed by atoms with Gasteiger partial charge in [0.05, 0.1) is 6.61 Å². The number of fused-ring (bicyclic) bond motifs is 1. The number of ether oxygens (including phenoxy) is 1. The fourth-order valence-corrected chi connectivity index (χ4v) is 4.25. The van der Waals surface area contributed by atoms with Crippen LogP contribution in [0.25, 0.3) is 0 Å². The van der Waals surface area contributed by atoms with Gasteiger partial charge in [-0.3, -0.25) is 4.79 Å².